The Balaban J connectivity index is 1.39. The van der Waals surface area contributed by atoms with Gasteiger partial charge in [0.25, 0.3) is 11.8 Å². The van der Waals surface area contributed by atoms with Gasteiger partial charge < -0.3 is 14.3 Å². The minimum atomic E-state index is 0.106. The van der Waals surface area contributed by atoms with Crippen LogP contribution >= 0.6 is 0 Å². The molecule has 2 aliphatic rings. The molecule has 1 aromatic carbocycles. The van der Waals surface area contributed by atoms with Gasteiger partial charge in [-0.2, -0.15) is 4.98 Å². The molecule has 2 aliphatic heterocycles. The Labute approximate surface area is 159 Å². The third kappa shape index (κ3) is 3.75. The first kappa shape index (κ1) is 17.8. The Morgan fingerprint density at radius 2 is 1.96 bits per heavy atom. The molecule has 0 radical (unpaired) electrons. The number of hydrogen-bond acceptors (Lipinski definition) is 5. The number of amides is 1. The number of allylic oxidation sites excluding steroid dienone is 1. The molecule has 6 nitrogen and oxygen atoms in total. The van der Waals surface area contributed by atoms with E-state index in [-0.39, 0.29) is 11.3 Å². The first-order valence-corrected chi connectivity index (χ1v) is 9.60. The highest BCUT2D eigenvalue weighted by Crippen LogP contribution is 2.41. The largest absolute Gasteiger partial charge is 0.338 e. The molecular weight excluding hydrogens is 340 g/mol. The summed E-state index contributed by atoms with van der Waals surface area (Å²) in [6, 6.07) is 9.82. The molecule has 6 heteroatoms. The summed E-state index contributed by atoms with van der Waals surface area (Å²) in [7, 11) is 0. The summed E-state index contributed by atoms with van der Waals surface area (Å²) in [5, 5.41) is 4.16. The fourth-order valence-electron chi connectivity index (χ4n) is 4.00. The molecule has 0 atom stereocenters. The van der Waals surface area contributed by atoms with Gasteiger partial charge in [-0.15, -0.1) is 0 Å². The van der Waals surface area contributed by atoms with E-state index in [2.05, 4.69) is 35.0 Å². The zero-order valence-corrected chi connectivity index (χ0v) is 16.0. The van der Waals surface area contributed by atoms with Crippen molar-refractivity contribution in [2.75, 3.05) is 31.1 Å². The van der Waals surface area contributed by atoms with Crippen LogP contribution in [0.15, 0.2) is 46.5 Å². The van der Waals surface area contributed by atoms with Crippen molar-refractivity contribution < 1.29 is 9.32 Å². The van der Waals surface area contributed by atoms with Gasteiger partial charge in [-0.25, -0.2) is 0 Å². The van der Waals surface area contributed by atoms with Crippen LogP contribution in [-0.4, -0.2) is 47.1 Å². The second-order valence-corrected chi connectivity index (χ2v) is 7.99. The van der Waals surface area contributed by atoms with E-state index in [1.807, 2.05) is 35.2 Å². The summed E-state index contributed by atoms with van der Waals surface area (Å²) in [5.41, 5.74) is 2.29. The van der Waals surface area contributed by atoms with E-state index in [0.717, 1.165) is 44.6 Å². The molecule has 0 saturated carbocycles. The maximum absolute atomic E-state index is 12.4. The van der Waals surface area contributed by atoms with Crippen molar-refractivity contribution in [3.05, 3.63) is 42.0 Å². The zero-order valence-electron chi connectivity index (χ0n) is 16.0. The highest BCUT2D eigenvalue weighted by atomic mass is 16.5. The summed E-state index contributed by atoms with van der Waals surface area (Å²) in [6.45, 7) is 7.46. The van der Waals surface area contributed by atoms with Crippen LogP contribution in [0.3, 0.4) is 0 Å². The fraction of sp³-hybridized carbons (Fsp3) is 0.476. The predicted molar refractivity (Wildman–Crippen MR) is 104 cm³/mol. The minimum absolute atomic E-state index is 0.106. The van der Waals surface area contributed by atoms with Crippen LogP contribution in [0.4, 0.5) is 5.95 Å². The molecule has 142 valence electrons. The predicted octanol–water partition coefficient (Wildman–Crippen LogP) is 3.52. The van der Waals surface area contributed by atoms with Crippen molar-refractivity contribution in [3.63, 3.8) is 0 Å². The third-order valence-corrected chi connectivity index (χ3v) is 5.67. The van der Waals surface area contributed by atoms with Gasteiger partial charge in [0.05, 0.1) is 0 Å². The maximum atomic E-state index is 12.4. The molecular formula is C21H26N4O2. The Morgan fingerprint density at radius 1 is 1.22 bits per heavy atom. The van der Waals surface area contributed by atoms with Crippen LogP contribution in [-0.2, 0) is 4.79 Å². The van der Waals surface area contributed by atoms with Crippen LogP contribution < -0.4 is 4.90 Å². The highest BCUT2D eigenvalue weighted by molar-refractivity contribution is 5.79. The molecule has 2 fully saturated rings. The SMILES string of the molecule is CC(C)=CCN1CC2(CCN(c3noc(-c4ccccc4)n3)CC2)CC1=O. The molecule has 0 N–H and O–H groups in total. The molecule has 1 aromatic heterocycles. The van der Waals surface area contributed by atoms with Crippen molar-refractivity contribution in [2.24, 2.45) is 5.41 Å². The number of carbonyl (C=O) groups excluding carboxylic acids is 1. The lowest BCUT2D eigenvalue weighted by Gasteiger charge is -2.38. The molecule has 0 bridgehead atoms. The number of anilines is 1. The van der Waals surface area contributed by atoms with Crippen LogP contribution in [0.2, 0.25) is 0 Å². The van der Waals surface area contributed by atoms with Gasteiger partial charge in [0.1, 0.15) is 0 Å². The van der Waals surface area contributed by atoms with Gasteiger partial charge in [0, 0.05) is 43.6 Å². The summed E-state index contributed by atoms with van der Waals surface area (Å²) >= 11 is 0. The zero-order chi connectivity index (χ0) is 18.9. The molecule has 27 heavy (non-hydrogen) atoms. The Bertz CT molecular complexity index is 831. The number of piperidine rings is 1. The van der Waals surface area contributed by atoms with E-state index < -0.39 is 0 Å². The molecule has 2 aromatic rings. The van der Waals surface area contributed by atoms with Gasteiger partial charge in [0.2, 0.25) is 5.91 Å². The second kappa shape index (κ2) is 7.18. The number of rotatable bonds is 4. The topological polar surface area (TPSA) is 62.5 Å². The van der Waals surface area contributed by atoms with Crippen LogP contribution in [0, 0.1) is 5.41 Å². The van der Waals surface area contributed by atoms with E-state index >= 15 is 0 Å². The van der Waals surface area contributed by atoms with E-state index in [0.29, 0.717) is 18.3 Å². The Morgan fingerprint density at radius 3 is 2.67 bits per heavy atom. The number of benzene rings is 1. The lowest BCUT2D eigenvalue weighted by atomic mass is 9.78. The summed E-state index contributed by atoms with van der Waals surface area (Å²) in [4.78, 5) is 21.2. The average Bonchev–Trinajstić information content (AvgIpc) is 3.27. The van der Waals surface area contributed by atoms with Gasteiger partial charge in [0.15, 0.2) is 0 Å². The summed E-state index contributed by atoms with van der Waals surface area (Å²) < 4.78 is 5.44. The Hall–Kier alpha value is -2.63. The van der Waals surface area contributed by atoms with Gasteiger partial charge in [-0.05, 0) is 44.0 Å². The minimum Gasteiger partial charge on any atom is -0.338 e. The number of likely N-dealkylation sites (tertiary alicyclic amines) is 1. The lowest BCUT2D eigenvalue weighted by Crippen LogP contribution is -2.42. The Kier molecular flexibility index (Phi) is 4.72. The molecule has 1 spiro atoms. The average molecular weight is 366 g/mol. The molecule has 0 aliphatic carbocycles. The van der Waals surface area contributed by atoms with E-state index in [4.69, 9.17) is 4.52 Å². The van der Waals surface area contributed by atoms with Gasteiger partial charge >= 0.3 is 0 Å². The van der Waals surface area contributed by atoms with Crippen molar-refractivity contribution in [1.82, 2.24) is 15.0 Å². The van der Waals surface area contributed by atoms with Crippen molar-refractivity contribution in [3.8, 4) is 11.5 Å². The first-order chi connectivity index (χ1) is 13.0. The lowest BCUT2D eigenvalue weighted by molar-refractivity contribution is -0.127. The quantitative estimate of drug-likeness (QED) is 0.775. The van der Waals surface area contributed by atoms with Gasteiger partial charge in [-0.1, -0.05) is 29.8 Å². The second-order valence-electron chi connectivity index (χ2n) is 7.99. The van der Waals surface area contributed by atoms with Crippen LogP contribution in [0.5, 0.6) is 0 Å². The third-order valence-electron chi connectivity index (χ3n) is 5.67. The van der Waals surface area contributed by atoms with E-state index in [1.165, 1.54) is 5.57 Å². The summed E-state index contributed by atoms with van der Waals surface area (Å²) in [5.74, 6) is 1.48. The van der Waals surface area contributed by atoms with Crippen molar-refractivity contribution >= 4 is 11.9 Å². The normalized spacial score (nSPS) is 19.0. The first-order valence-electron chi connectivity index (χ1n) is 9.60. The molecule has 2 saturated heterocycles. The summed E-state index contributed by atoms with van der Waals surface area (Å²) in [6.07, 6.45) is 4.77. The van der Waals surface area contributed by atoms with Crippen molar-refractivity contribution in [1.29, 1.82) is 0 Å². The number of carbonyl (C=O) groups is 1. The number of hydrogen-bond donors (Lipinski definition) is 0. The standard InChI is InChI=1S/C21H26N4O2/c1-16(2)8-11-25-15-21(14-18(25)26)9-12-24(13-10-21)20-22-19(27-23-20)17-6-4-3-5-7-17/h3-8H,9-15H2,1-2H3. The van der Waals surface area contributed by atoms with Gasteiger partial charge in [-0.3, -0.25) is 4.79 Å². The monoisotopic (exact) mass is 366 g/mol. The van der Waals surface area contributed by atoms with Crippen LogP contribution in [0.1, 0.15) is 33.1 Å². The molecule has 4 rings (SSSR count). The van der Waals surface area contributed by atoms with E-state index in [9.17, 15) is 4.79 Å². The molecule has 3 heterocycles. The molecule has 1 amide bonds. The smallest absolute Gasteiger partial charge is 0.266 e. The molecule has 0 unspecified atom stereocenters. The highest BCUT2D eigenvalue weighted by Gasteiger charge is 2.44. The van der Waals surface area contributed by atoms with Crippen LogP contribution in [0.25, 0.3) is 11.5 Å². The maximum Gasteiger partial charge on any atom is 0.266 e. The number of aromatic nitrogens is 2. The number of nitrogens with zero attached hydrogens (tertiary/aromatic N) is 4. The fourth-order valence-corrected chi connectivity index (χ4v) is 4.00. The van der Waals surface area contributed by atoms with E-state index in [1.54, 1.807) is 0 Å². The van der Waals surface area contributed by atoms with Crippen molar-refractivity contribution in [2.45, 2.75) is 33.1 Å².